The number of hydrogen-bond donors (Lipinski definition) is 1. The summed E-state index contributed by atoms with van der Waals surface area (Å²) in [5.41, 5.74) is 2.48. The number of rotatable bonds is 3. The van der Waals surface area contributed by atoms with Crippen molar-refractivity contribution in [3.8, 4) is 0 Å². The zero-order valence-electron chi connectivity index (χ0n) is 12.2. The fraction of sp³-hybridized carbons (Fsp3) is 0.167. The van der Waals surface area contributed by atoms with Crippen LogP contribution in [0.5, 0.6) is 0 Å². The minimum absolute atomic E-state index is 0.0608. The molecular formula is C18H16N2OS. The average Bonchev–Trinajstić information content (AvgIpc) is 2.55. The maximum Gasteiger partial charge on any atom is 0.193 e. The number of nitrogens with one attached hydrogen (secondary N) is 1. The number of thiocarbonyl (C=S) groups is 1. The average molecular weight is 308 g/mol. The molecule has 2 unspecified atom stereocenters. The number of hydrogen-bond acceptors (Lipinski definition) is 2. The molecular weight excluding hydrogens is 292 g/mol. The molecule has 0 amide bonds. The van der Waals surface area contributed by atoms with Crippen molar-refractivity contribution in [1.82, 2.24) is 5.32 Å². The molecule has 2 aromatic carbocycles. The van der Waals surface area contributed by atoms with E-state index in [1.807, 2.05) is 67.6 Å². The summed E-state index contributed by atoms with van der Waals surface area (Å²) < 4.78 is 0. The van der Waals surface area contributed by atoms with Gasteiger partial charge in [0.25, 0.3) is 0 Å². The van der Waals surface area contributed by atoms with Gasteiger partial charge in [-0.2, -0.15) is 0 Å². The maximum atomic E-state index is 12.9. The van der Waals surface area contributed by atoms with E-state index >= 15 is 0 Å². The molecule has 0 saturated carbocycles. The molecule has 0 bridgehead atoms. The highest BCUT2D eigenvalue weighted by Crippen LogP contribution is 2.29. The largest absolute Gasteiger partial charge is 0.353 e. The van der Waals surface area contributed by atoms with Crippen LogP contribution in [0.2, 0.25) is 0 Å². The van der Waals surface area contributed by atoms with Crippen LogP contribution in [0, 0.1) is 5.92 Å². The van der Waals surface area contributed by atoms with Crippen LogP contribution >= 0.6 is 12.2 Å². The van der Waals surface area contributed by atoms with Crippen molar-refractivity contribution < 1.29 is 4.79 Å². The van der Waals surface area contributed by atoms with E-state index < -0.39 is 0 Å². The van der Waals surface area contributed by atoms with Crippen molar-refractivity contribution in [1.29, 1.82) is 0 Å². The van der Waals surface area contributed by atoms with Gasteiger partial charge >= 0.3 is 0 Å². The lowest BCUT2D eigenvalue weighted by molar-refractivity contribution is 0.0935. The highest BCUT2D eigenvalue weighted by Gasteiger charge is 2.35. The Hall–Kier alpha value is -2.33. The molecule has 4 heteroatoms. The molecule has 1 aliphatic rings. The molecule has 0 spiro atoms. The zero-order valence-corrected chi connectivity index (χ0v) is 13.0. The summed E-state index contributed by atoms with van der Waals surface area (Å²) in [5, 5.41) is 3.62. The smallest absolute Gasteiger partial charge is 0.193 e. The number of aliphatic imine (C=N–C) groups is 1. The lowest BCUT2D eigenvalue weighted by Crippen LogP contribution is -2.43. The Bertz CT molecular complexity index is 725. The molecule has 2 atom stereocenters. The second kappa shape index (κ2) is 6.20. The standard InChI is InChI=1S/C18H16N2OS/c1-12-15(17(21)14-10-6-3-7-11-14)16(20-18(22)19-12)13-8-4-2-5-9-13/h2-11,15-16H,1H3,(H,20,22). The highest BCUT2D eigenvalue weighted by atomic mass is 32.1. The Morgan fingerprint density at radius 2 is 1.64 bits per heavy atom. The molecule has 0 aromatic heterocycles. The lowest BCUT2D eigenvalue weighted by atomic mass is 9.83. The first kappa shape index (κ1) is 14.6. The summed E-state index contributed by atoms with van der Waals surface area (Å²) in [6, 6.07) is 19.0. The van der Waals surface area contributed by atoms with E-state index in [9.17, 15) is 4.79 Å². The van der Waals surface area contributed by atoms with Gasteiger partial charge in [0.05, 0.1) is 12.0 Å². The lowest BCUT2D eigenvalue weighted by Gasteiger charge is -2.31. The summed E-state index contributed by atoms with van der Waals surface area (Å²) in [5.74, 6) is -0.290. The normalized spacial score (nSPS) is 21.0. The molecule has 22 heavy (non-hydrogen) atoms. The number of ketones is 1. The van der Waals surface area contributed by atoms with Crippen molar-refractivity contribution in [2.24, 2.45) is 10.9 Å². The van der Waals surface area contributed by atoms with Crippen LogP contribution < -0.4 is 5.32 Å². The summed E-state index contributed by atoms with van der Waals surface area (Å²) >= 11 is 5.21. The van der Waals surface area contributed by atoms with Gasteiger partial charge in [-0.1, -0.05) is 60.7 Å². The fourth-order valence-corrected chi connectivity index (χ4v) is 3.05. The van der Waals surface area contributed by atoms with Crippen LogP contribution in [-0.4, -0.2) is 16.6 Å². The third-order valence-corrected chi connectivity index (χ3v) is 4.05. The van der Waals surface area contributed by atoms with E-state index in [-0.39, 0.29) is 17.7 Å². The molecule has 110 valence electrons. The van der Waals surface area contributed by atoms with E-state index in [0.717, 1.165) is 11.3 Å². The minimum atomic E-state index is -0.350. The van der Waals surface area contributed by atoms with E-state index in [1.165, 1.54) is 0 Å². The first-order valence-electron chi connectivity index (χ1n) is 7.16. The van der Waals surface area contributed by atoms with Gasteiger partial charge in [0.1, 0.15) is 0 Å². The summed E-state index contributed by atoms with van der Waals surface area (Å²) in [7, 11) is 0. The second-order valence-corrected chi connectivity index (χ2v) is 5.69. The third kappa shape index (κ3) is 2.83. The van der Waals surface area contributed by atoms with E-state index in [4.69, 9.17) is 12.2 Å². The predicted molar refractivity (Wildman–Crippen MR) is 92.3 cm³/mol. The van der Waals surface area contributed by atoms with Gasteiger partial charge < -0.3 is 5.32 Å². The number of benzene rings is 2. The zero-order chi connectivity index (χ0) is 15.5. The molecule has 1 heterocycles. The summed E-state index contributed by atoms with van der Waals surface area (Å²) in [6.45, 7) is 1.87. The van der Waals surface area contributed by atoms with Crippen LogP contribution in [0.3, 0.4) is 0 Å². The Balaban J connectivity index is 2.03. The minimum Gasteiger partial charge on any atom is -0.353 e. The van der Waals surface area contributed by atoms with Gasteiger partial charge in [0.15, 0.2) is 10.9 Å². The predicted octanol–water partition coefficient (Wildman–Crippen LogP) is 3.58. The maximum absolute atomic E-state index is 12.9. The van der Waals surface area contributed by atoms with Gasteiger partial charge in [-0.15, -0.1) is 0 Å². The molecule has 0 radical (unpaired) electrons. The number of nitrogens with zero attached hydrogens (tertiary/aromatic N) is 1. The number of carbonyl (C=O) groups excluding carboxylic acids is 1. The second-order valence-electron chi connectivity index (χ2n) is 5.30. The van der Waals surface area contributed by atoms with Gasteiger partial charge in [-0.05, 0) is 24.7 Å². The van der Waals surface area contributed by atoms with Gasteiger partial charge in [0, 0.05) is 11.3 Å². The van der Waals surface area contributed by atoms with Gasteiger partial charge in [0.2, 0.25) is 0 Å². The molecule has 0 fully saturated rings. The molecule has 1 N–H and O–H groups in total. The molecule has 0 aliphatic carbocycles. The Labute approximate surface area is 135 Å². The third-order valence-electron chi connectivity index (χ3n) is 3.84. The Morgan fingerprint density at radius 1 is 1.05 bits per heavy atom. The van der Waals surface area contributed by atoms with E-state index in [1.54, 1.807) is 0 Å². The first-order valence-corrected chi connectivity index (χ1v) is 7.57. The van der Waals surface area contributed by atoms with Crippen LogP contribution in [0.4, 0.5) is 0 Å². The molecule has 2 aromatic rings. The quantitative estimate of drug-likeness (QED) is 0.696. The van der Waals surface area contributed by atoms with Gasteiger partial charge in [-0.25, -0.2) is 4.99 Å². The number of Topliss-reactive ketones (excluding diaryl/α,β-unsaturated/α-hetero) is 1. The Morgan fingerprint density at radius 3 is 2.27 bits per heavy atom. The molecule has 1 aliphatic heterocycles. The Kier molecular flexibility index (Phi) is 4.11. The van der Waals surface area contributed by atoms with Crippen LogP contribution in [0.25, 0.3) is 0 Å². The molecule has 0 saturated heterocycles. The van der Waals surface area contributed by atoms with Crippen molar-refractivity contribution in [3.05, 3.63) is 71.8 Å². The summed E-state index contributed by atoms with van der Waals surface area (Å²) in [4.78, 5) is 17.2. The van der Waals surface area contributed by atoms with Gasteiger partial charge in [-0.3, -0.25) is 4.79 Å². The van der Waals surface area contributed by atoms with Crippen LogP contribution in [-0.2, 0) is 0 Å². The SMILES string of the molecule is CC1=NC(=S)NC(c2ccccc2)C1C(=O)c1ccccc1. The summed E-state index contributed by atoms with van der Waals surface area (Å²) in [6.07, 6.45) is 0. The van der Waals surface area contributed by atoms with Crippen molar-refractivity contribution in [2.75, 3.05) is 0 Å². The molecule has 3 nitrogen and oxygen atoms in total. The van der Waals surface area contributed by atoms with Crippen molar-refractivity contribution in [3.63, 3.8) is 0 Å². The molecule has 3 rings (SSSR count). The highest BCUT2D eigenvalue weighted by molar-refractivity contribution is 7.80. The monoisotopic (exact) mass is 308 g/mol. The first-order chi connectivity index (χ1) is 10.7. The van der Waals surface area contributed by atoms with E-state index in [2.05, 4.69) is 10.3 Å². The fourth-order valence-electron chi connectivity index (χ4n) is 2.78. The number of carbonyl (C=O) groups is 1. The van der Waals surface area contributed by atoms with Crippen molar-refractivity contribution in [2.45, 2.75) is 13.0 Å². The van der Waals surface area contributed by atoms with Crippen molar-refractivity contribution >= 4 is 28.8 Å². The van der Waals surface area contributed by atoms with E-state index in [0.29, 0.717) is 10.7 Å². The van der Waals surface area contributed by atoms with Crippen LogP contribution in [0.1, 0.15) is 28.9 Å². The van der Waals surface area contributed by atoms with Crippen LogP contribution in [0.15, 0.2) is 65.7 Å². The topological polar surface area (TPSA) is 41.5 Å².